The first-order chi connectivity index (χ1) is 11.5. The van der Waals surface area contributed by atoms with E-state index in [1.165, 1.54) is 0 Å². The minimum atomic E-state index is -0.0921. The van der Waals surface area contributed by atoms with E-state index in [1.54, 1.807) is 13.2 Å². The van der Waals surface area contributed by atoms with E-state index in [2.05, 4.69) is 0 Å². The molecule has 0 bridgehead atoms. The first-order valence-corrected chi connectivity index (χ1v) is 8.64. The third kappa shape index (κ3) is 2.83. The highest BCUT2D eigenvalue weighted by molar-refractivity contribution is 5.91. The van der Waals surface area contributed by atoms with Crippen LogP contribution in [-0.4, -0.2) is 61.5 Å². The van der Waals surface area contributed by atoms with E-state index in [0.29, 0.717) is 25.5 Å². The number of aryl methyl sites for hydroxylation is 1. The summed E-state index contributed by atoms with van der Waals surface area (Å²) in [6, 6.07) is 3.54. The van der Waals surface area contributed by atoms with Crippen LogP contribution in [0.2, 0.25) is 0 Å². The van der Waals surface area contributed by atoms with Gasteiger partial charge in [0.2, 0.25) is 5.91 Å². The van der Waals surface area contributed by atoms with Crippen LogP contribution in [0, 0.1) is 18.3 Å². The zero-order valence-electron chi connectivity index (χ0n) is 14.7. The van der Waals surface area contributed by atoms with Gasteiger partial charge in [0, 0.05) is 38.7 Å². The van der Waals surface area contributed by atoms with Crippen molar-refractivity contribution in [3.63, 3.8) is 0 Å². The molecule has 1 aromatic heterocycles. The molecule has 1 aromatic rings. The van der Waals surface area contributed by atoms with Crippen LogP contribution in [0.25, 0.3) is 0 Å². The molecule has 132 valence electrons. The molecular weight excluding hydrogens is 308 g/mol. The predicted octanol–water partition coefficient (Wildman–Crippen LogP) is 1.94. The lowest BCUT2D eigenvalue weighted by Crippen LogP contribution is -2.47. The minimum Gasteiger partial charge on any atom is -0.456 e. The molecule has 2 fully saturated rings. The fourth-order valence-corrected chi connectivity index (χ4v) is 4.10. The molecule has 1 spiro atoms. The van der Waals surface area contributed by atoms with Crippen LogP contribution >= 0.6 is 0 Å². The van der Waals surface area contributed by atoms with Crippen LogP contribution in [0.3, 0.4) is 0 Å². The molecule has 2 aliphatic rings. The van der Waals surface area contributed by atoms with Crippen molar-refractivity contribution in [3.05, 3.63) is 23.7 Å². The summed E-state index contributed by atoms with van der Waals surface area (Å²) in [5.74, 6) is 1.19. The van der Waals surface area contributed by atoms with E-state index in [-0.39, 0.29) is 23.1 Å². The lowest BCUT2D eigenvalue weighted by Gasteiger charge is -2.41. The van der Waals surface area contributed by atoms with Gasteiger partial charge in [-0.3, -0.25) is 9.59 Å². The largest absolute Gasteiger partial charge is 0.456 e. The van der Waals surface area contributed by atoms with Crippen molar-refractivity contribution >= 4 is 11.8 Å². The highest BCUT2D eigenvalue weighted by Crippen LogP contribution is 2.45. The Morgan fingerprint density at radius 1 is 1.38 bits per heavy atom. The van der Waals surface area contributed by atoms with Gasteiger partial charge < -0.3 is 19.0 Å². The molecule has 0 aliphatic carbocycles. The molecule has 1 unspecified atom stereocenters. The van der Waals surface area contributed by atoms with Gasteiger partial charge in [-0.05, 0) is 38.8 Å². The summed E-state index contributed by atoms with van der Waals surface area (Å²) in [6.45, 7) is 7.13. The smallest absolute Gasteiger partial charge is 0.289 e. The number of amides is 2. The van der Waals surface area contributed by atoms with Crippen molar-refractivity contribution in [2.24, 2.45) is 11.3 Å². The fourth-order valence-electron chi connectivity index (χ4n) is 4.10. The number of piperidine rings is 1. The van der Waals surface area contributed by atoms with Crippen LogP contribution in [0.1, 0.15) is 36.1 Å². The summed E-state index contributed by atoms with van der Waals surface area (Å²) < 4.78 is 10.8. The monoisotopic (exact) mass is 334 g/mol. The van der Waals surface area contributed by atoms with Gasteiger partial charge in [-0.1, -0.05) is 0 Å². The van der Waals surface area contributed by atoms with Gasteiger partial charge in [0.25, 0.3) is 5.91 Å². The van der Waals surface area contributed by atoms with Gasteiger partial charge in [0.05, 0.1) is 12.5 Å². The van der Waals surface area contributed by atoms with Gasteiger partial charge in [0.1, 0.15) is 5.76 Å². The lowest BCUT2D eigenvalue weighted by atomic mass is 9.71. The summed E-state index contributed by atoms with van der Waals surface area (Å²) in [5.41, 5.74) is -0.0705. The van der Waals surface area contributed by atoms with Crippen molar-refractivity contribution in [2.45, 2.75) is 26.7 Å². The number of likely N-dealkylation sites (tertiary alicyclic amines) is 2. The molecule has 3 rings (SSSR count). The Hall–Kier alpha value is -1.82. The predicted molar refractivity (Wildman–Crippen MR) is 88.6 cm³/mol. The van der Waals surface area contributed by atoms with E-state index in [1.807, 2.05) is 29.7 Å². The standard InChI is InChI=1S/C18H26N2O4/c1-4-19-12-18(14(11-23-3)16(19)21)7-9-20(10-8-18)17(22)15-6-5-13(2)24-15/h5-6,14H,4,7-12H2,1-3H3. The van der Waals surface area contributed by atoms with E-state index >= 15 is 0 Å². The Kier molecular flexibility index (Phi) is 4.67. The van der Waals surface area contributed by atoms with E-state index < -0.39 is 0 Å². The van der Waals surface area contributed by atoms with Crippen LogP contribution in [0.15, 0.2) is 16.5 Å². The Balaban J connectivity index is 1.71. The highest BCUT2D eigenvalue weighted by atomic mass is 16.5. The summed E-state index contributed by atoms with van der Waals surface area (Å²) >= 11 is 0. The molecule has 24 heavy (non-hydrogen) atoms. The molecule has 3 heterocycles. The number of methoxy groups -OCH3 is 1. The Morgan fingerprint density at radius 3 is 2.62 bits per heavy atom. The van der Waals surface area contributed by atoms with Crippen molar-refractivity contribution < 1.29 is 18.7 Å². The van der Waals surface area contributed by atoms with Crippen molar-refractivity contribution in [1.29, 1.82) is 0 Å². The Labute approximate surface area is 142 Å². The van der Waals surface area contributed by atoms with Gasteiger partial charge >= 0.3 is 0 Å². The second-order valence-electron chi connectivity index (χ2n) is 6.93. The van der Waals surface area contributed by atoms with E-state index in [4.69, 9.17) is 9.15 Å². The number of furan rings is 1. The Morgan fingerprint density at radius 2 is 2.08 bits per heavy atom. The SMILES string of the molecule is CCN1CC2(CCN(C(=O)c3ccc(C)o3)CC2)C(COC)C1=O. The average Bonchev–Trinajstić information content (AvgIpc) is 3.12. The third-order valence-electron chi connectivity index (χ3n) is 5.57. The lowest BCUT2D eigenvalue weighted by molar-refractivity contribution is -0.133. The number of rotatable bonds is 4. The quantitative estimate of drug-likeness (QED) is 0.844. The average molecular weight is 334 g/mol. The van der Waals surface area contributed by atoms with Crippen LogP contribution in [0.5, 0.6) is 0 Å². The third-order valence-corrected chi connectivity index (χ3v) is 5.57. The van der Waals surface area contributed by atoms with Crippen molar-refractivity contribution in [1.82, 2.24) is 9.80 Å². The number of hydrogen-bond donors (Lipinski definition) is 0. The molecule has 2 amide bonds. The molecule has 0 radical (unpaired) electrons. The molecule has 6 nitrogen and oxygen atoms in total. The maximum atomic E-state index is 12.6. The molecule has 6 heteroatoms. The summed E-state index contributed by atoms with van der Waals surface area (Å²) in [6.07, 6.45) is 1.66. The molecular formula is C18H26N2O4. The minimum absolute atomic E-state index is 0.0575. The molecule has 0 N–H and O–H groups in total. The Bertz CT molecular complexity index is 616. The van der Waals surface area contributed by atoms with Gasteiger partial charge in [-0.2, -0.15) is 0 Å². The number of nitrogens with zero attached hydrogens (tertiary/aromatic N) is 2. The van der Waals surface area contributed by atoms with Crippen molar-refractivity contribution in [2.75, 3.05) is 39.9 Å². The fraction of sp³-hybridized carbons (Fsp3) is 0.667. The normalized spacial score (nSPS) is 23.3. The zero-order chi connectivity index (χ0) is 17.3. The number of ether oxygens (including phenoxy) is 1. The molecule has 2 saturated heterocycles. The zero-order valence-corrected chi connectivity index (χ0v) is 14.7. The second-order valence-corrected chi connectivity index (χ2v) is 6.93. The number of carbonyl (C=O) groups is 2. The highest BCUT2D eigenvalue weighted by Gasteiger charge is 2.52. The summed E-state index contributed by atoms with van der Waals surface area (Å²) in [7, 11) is 1.65. The summed E-state index contributed by atoms with van der Waals surface area (Å²) in [5, 5.41) is 0. The topological polar surface area (TPSA) is 63.0 Å². The molecule has 0 aromatic carbocycles. The maximum Gasteiger partial charge on any atom is 0.289 e. The van der Waals surface area contributed by atoms with E-state index in [9.17, 15) is 9.59 Å². The van der Waals surface area contributed by atoms with Gasteiger partial charge in [-0.25, -0.2) is 0 Å². The first kappa shape index (κ1) is 17.0. The number of hydrogen-bond acceptors (Lipinski definition) is 4. The van der Waals surface area contributed by atoms with Gasteiger partial charge in [0.15, 0.2) is 5.76 Å². The first-order valence-electron chi connectivity index (χ1n) is 8.64. The molecule has 2 aliphatic heterocycles. The second kappa shape index (κ2) is 6.59. The molecule has 1 atom stereocenters. The number of carbonyl (C=O) groups excluding carboxylic acids is 2. The maximum absolute atomic E-state index is 12.6. The van der Waals surface area contributed by atoms with E-state index in [0.717, 1.165) is 31.7 Å². The van der Waals surface area contributed by atoms with Crippen LogP contribution < -0.4 is 0 Å². The molecule has 0 saturated carbocycles. The van der Waals surface area contributed by atoms with Crippen LogP contribution in [-0.2, 0) is 9.53 Å². The van der Waals surface area contributed by atoms with Crippen molar-refractivity contribution in [3.8, 4) is 0 Å². The summed E-state index contributed by atoms with van der Waals surface area (Å²) in [4.78, 5) is 28.9. The van der Waals surface area contributed by atoms with Crippen LogP contribution in [0.4, 0.5) is 0 Å². The van der Waals surface area contributed by atoms with Gasteiger partial charge in [-0.15, -0.1) is 0 Å².